The molecule has 0 saturated carbocycles. The zero-order valence-corrected chi connectivity index (χ0v) is 13.2. The summed E-state index contributed by atoms with van der Waals surface area (Å²) in [5.74, 6) is -0.399. The van der Waals surface area contributed by atoms with E-state index in [2.05, 4.69) is 36.0 Å². The number of amides is 1. The maximum absolute atomic E-state index is 12.9. The van der Waals surface area contributed by atoms with Gasteiger partial charge in [-0.2, -0.15) is 0 Å². The lowest BCUT2D eigenvalue weighted by Crippen LogP contribution is -2.25. The predicted molar refractivity (Wildman–Crippen MR) is 83.9 cm³/mol. The van der Waals surface area contributed by atoms with Crippen LogP contribution in [0.5, 0.6) is 11.5 Å². The molecule has 0 spiro atoms. The molecule has 0 atom stereocenters. The zero-order valence-electron chi connectivity index (χ0n) is 11.6. The Morgan fingerprint density at radius 3 is 2.65 bits per heavy atom. The van der Waals surface area contributed by atoms with Gasteiger partial charge in [-0.05, 0) is 40.2 Å². The molecule has 8 heteroatoms. The van der Waals surface area contributed by atoms with E-state index in [0.717, 1.165) is 4.47 Å². The smallest absolute Gasteiger partial charge is 0.395 e. The van der Waals surface area contributed by atoms with E-state index < -0.39 is 6.29 Å². The van der Waals surface area contributed by atoms with Crippen molar-refractivity contribution in [2.75, 3.05) is 17.2 Å². The second kappa shape index (κ2) is 6.04. The van der Waals surface area contributed by atoms with Crippen molar-refractivity contribution in [2.24, 2.45) is 0 Å². The molecule has 0 radical (unpaired) electrons. The summed E-state index contributed by atoms with van der Waals surface area (Å²) in [5, 5.41) is 5.56. The normalized spacial score (nSPS) is 14.4. The molecule has 2 N–H and O–H groups in total. The van der Waals surface area contributed by atoms with Crippen molar-refractivity contribution >= 4 is 33.2 Å². The van der Waals surface area contributed by atoms with E-state index in [1.807, 2.05) is 6.07 Å². The number of carbonyl (C=O) groups is 1. The Hall–Kier alpha value is -2.35. The second-order valence-electron chi connectivity index (χ2n) is 4.71. The Labute approximate surface area is 138 Å². The molecular formula is C15H11BrF2N2O3. The minimum absolute atomic E-state index is 0.0304. The van der Waals surface area contributed by atoms with E-state index in [9.17, 15) is 13.6 Å². The minimum atomic E-state index is -3.65. The molecule has 1 amide bonds. The lowest BCUT2D eigenvalue weighted by atomic mass is 10.2. The largest absolute Gasteiger partial charge is 0.586 e. The van der Waals surface area contributed by atoms with E-state index >= 15 is 0 Å². The molecule has 0 saturated heterocycles. The van der Waals surface area contributed by atoms with Crippen molar-refractivity contribution in [3.8, 4) is 11.5 Å². The summed E-state index contributed by atoms with van der Waals surface area (Å²) in [7, 11) is 0. The highest BCUT2D eigenvalue weighted by Gasteiger charge is 2.43. The van der Waals surface area contributed by atoms with E-state index in [0.29, 0.717) is 11.4 Å². The highest BCUT2D eigenvalue weighted by Crippen LogP contribution is 2.42. The van der Waals surface area contributed by atoms with Crippen LogP contribution in [0.2, 0.25) is 0 Å². The van der Waals surface area contributed by atoms with E-state index in [1.54, 1.807) is 18.2 Å². The first kappa shape index (κ1) is 15.5. The summed E-state index contributed by atoms with van der Waals surface area (Å²) >= 11 is 3.33. The molecule has 0 unspecified atom stereocenters. The molecule has 5 nitrogen and oxygen atoms in total. The van der Waals surface area contributed by atoms with Gasteiger partial charge in [0.1, 0.15) is 0 Å². The number of rotatable bonds is 4. The Bertz CT molecular complexity index is 755. The third-order valence-electron chi connectivity index (χ3n) is 3.00. The van der Waals surface area contributed by atoms with Crippen LogP contribution in [0, 0.1) is 0 Å². The van der Waals surface area contributed by atoms with Crippen molar-refractivity contribution in [2.45, 2.75) is 6.29 Å². The van der Waals surface area contributed by atoms with Crippen molar-refractivity contribution in [3.63, 3.8) is 0 Å². The number of hydrogen-bond acceptors (Lipinski definition) is 4. The number of para-hydroxylation sites is 1. The van der Waals surface area contributed by atoms with Crippen molar-refractivity contribution in [3.05, 3.63) is 46.9 Å². The summed E-state index contributed by atoms with van der Waals surface area (Å²) in [5.41, 5.74) is 1.11. The molecule has 0 bridgehead atoms. The number of ether oxygens (including phenoxy) is 2. The number of nitrogens with one attached hydrogen (secondary N) is 2. The average Bonchev–Trinajstić information content (AvgIpc) is 2.80. The first-order valence-corrected chi connectivity index (χ1v) is 7.40. The number of halogens is 3. The fourth-order valence-electron chi connectivity index (χ4n) is 2.00. The van der Waals surface area contributed by atoms with Gasteiger partial charge in [-0.1, -0.05) is 12.1 Å². The quantitative estimate of drug-likeness (QED) is 0.840. The summed E-state index contributed by atoms with van der Waals surface area (Å²) in [6.45, 7) is -0.0304. The van der Waals surface area contributed by atoms with Crippen LogP contribution < -0.4 is 20.1 Å². The Kier molecular flexibility index (Phi) is 4.08. The molecule has 23 heavy (non-hydrogen) atoms. The van der Waals surface area contributed by atoms with Gasteiger partial charge >= 0.3 is 6.29 Å². The Balaban J connectivity index is 1.59. The number of hydrogen-bond donors (Lipinski definition) is 2. The summed E-state index contributed by atoms with van der Waals surface area (Å²) in [4.78, 5) is 11.9. The minimum Gasteiger partial charge on any atom is -0.395 e. The third-order valence-corrected chi connectivity index (χ3v) is 3.69. The topological polar surface area (TPSA) is 59.6 Å². The molecule has 1 heterocycles. The fourth-order valence-corrected chi connectivity index (χ4v) is 2.38. The van der Waals surface area contributed by atoms with Gasteiger partial charge in [0.15, 0.2) is 11.5 Å². The molecule has 1 aliphatic heterocycles. The van der Waals surface area contributed by atoms with Crippen LogP contribution in [0.4, 0.5) is 20.2 Å². The van der Waals surface area contributed by atoms with Gasteiger partial charge in [0.05, 0.1) is 12.2 Å². The maximum Gasteiger partial charge on any atom is 0.586 e. The first-order chi connectivity index (χ1) is 10.9. The van der Waals surface area contributed by atoms with Gasteiger partial charge in [-0.15, -0.1) is 8.78 Å². The standard InChI is InChI=1S/C15H11BrF2N2O3/c16-10-3-1-2-4-11(10)20-14(21)8-19-9-5-6-12-13(7-9)23-15(17,18)22-12/h1-7,19H,8H2,(H,20,21). The first-order valence-electron chi connectivity index (χ1n) is 6.61. The molecule has 0 aliphatic carbocycles. The van der Waals surface area contributed by atoms with Gasteiger partial charge < -0.3 is 20.1 Å². The number of alkyl halides is 2. The van der Waals surface area contributed by atoms with E-state index in [4.69, 9.17) is 0 Å². The highest BCUT2D eigenvalue weighted by atomic mass is 79.9. The van der Waals surface area contributed by atoms with Gasteiger partial charge in [0.2, 0.25) is 5.91 Å². The van der Waals surface area contributed by atoms with Crippen LogP contribution in [-0.4, -0.2) is 18.7 Å². The van der Waals surface area contributed by atoms with Crippen LogP contribution in [0.25, 0.3) is 0 Å². The molecule has 120 valence electrons. The lowest BCUT2D eigenvalue weighted by Gasteiger charge is -2.09. The maximum atomic E-state index is 12.9. The van der Waals surface area contributed by atoms with Crippen LogP contribution in [0.15, 0.2) is 46.9 Å². The van der Waals surface area contributed by atoms with Gasteiger partial charge in [0, 0.05) is 16.2 Å². The monoisotopic (exact) mass is 384 g/mol. The summed E-state index contributed by atoms with van der Waals surface area (Å²) in [6.07, 6.45) is -3.65. The van der Waals surface area contributed by atoms with Crippen LogP contribution in [0.1, 0.15) is 0 Å². The third kappa shape index (κ3) is 3.70. The number of carbonyl (C=O) groups excluding carboxylic acids is 1. The summed E-state index contributed by atoms with van der Waals surface area (Å²) in [6, 6.07) is 11.4. The molecule has 0 aromatic heterocycles. The Morgan fingerprint density at radius 2 is 1.87 bits per heavy atom. The zero-order chi connectivity index (χ0) is 16.4. The number of benzene rings is 2. The van der Waals surface area contributed by atoms with Crippen LogP contribution in [-0.2, 0) is 4.79 Å². The van der Waals surface area contributed by atoms with Crippen molar-refractivity contribution < 1.29 is 23.0 Å². The molecule has 2 aromatic carbocycles. The number of fused-ring (bicyclic) bond motifs is 1. The molecule has 0 fully saturated rings. The number of anilines is 2. The molecule has 1 aliphatic rings. The molecule has 3 rings (SSSR count). The SMILES string of the molecule is O=C(CNc1ccc2c(c1)OC(F)(F)O2)Nc1ccccc1Br. The lowest BCUT2D eigenvalue weighted by molar-refractivity contribution is -0.286. The second-order valence-corrected chi connectivity index (χ2v) is 5.56. The van der Waals surface area contributed by atoms with Crippen LogP contribution >= 0.6 is 15.9 Å². The predicted octanol–water partition coefficient (Wildman–Crippen LogP) is 3.82. The highest BCUT2D eigenvalue weighted by molar-refractivity contribution is 9.10. The summed E-state index contributed by atoms with van der Waals surface area (Å²) < 4.78 is 35.3. The van der Waals surface area contributed by atoms with Gasteiger partial charge in [-0.3, -0.25) is 4.79 Å². The molecule has 2 aromatic rings. The van der Waals surface area contributed by atoms with Crippen molar-refractivity contribution in [1.82, 2.24) is 0 Å². The van der Waals surface area contributed by atoms with E-state index in [-0.39, 0.29) is 24.0 Å². The average molecular weight is 385 g/mol. The molecular weight excluding hydrogens is 374 g/mol. The van der Waals surface area contributed by atoms with Gasteiger partial charge in [-0.25, -0.2) is 0 Å². The van der Waals surface area contributed by atoms with E-state index in [1.165, 1.54) is 18.2 Å². The van der Waals surface area contributed by atoms with Crippen molar-refractivity contribution in [1.29, 1.82) is 0 Å². The Morgan fingerprint density at radius 1 is 1.13 bits per heavy atom. The van der Waals surface area contributed by atoms with Crippen LogP contribution in [0.3, 0.4) is 0 Å². The van der Waals surface area contributed by atoms with Gasteiger partial charge in [0.25, 0.3) is 0 Å². The fraction of sp³-hybridized carbons (Fsp3) is 0.133.